The Bertz CT molecular complexity index is 280. The summed E-state index contributed by atoms with van der Waals surface area (Å²) in [7, 11) is 2.07. The van der Waals surface area contributed by atoms with Gasteiger partial charge in [-0.3, -0.25) is 0 Å². The molecule has 0 aliphatic carbocycles. The minimum absolute atomic E-state index is 0.537. The van der Waals surface area contributed by atoms with Gasteiger partial charge in [-0.05, 0) is 37.9 Å². The van der Waals surface area contributed by atoms with Gasteiger partial charge >= 0.3 is 0 Å². The van der Waals surface area contributed by atoms with Gasteiger partial charge in [-0.2, -0.15) is 0 Å². The van der Waals surface area contributed by atoms with E-state index in [1.165, 1.54) is 22.6 Å². The molecule has 0 aliphatic rings. The molecule has 1 rings (SSSR count). The fraction of sp³-hybridized carbons (Fsp3) is 0.692. The van der Waals surface area contributed by atoms with E-state index < -0.39 is 0 Å². The Balaban J connectivity index is 2.72. The highest BCUT2D eigenvalue weighted by Crippen LogP contribution is 2.30. The molecule has 15 heavy (non-hydrogen) atoms. The Hall–Kier alpha value is -0.340. The zero-order valence-electron chi connectivity index (χ0n) is 10.3. The van der Waals surface area contributed by atoms with Gasteiger partial charge in [0, 0.05) is 15.8 Å². The summed E-state index contributed by atoms with van der Waals surface area (Å²) in [5.41, 5.74) is 0. The molecule has 0 radical (unpaired) electrons. The van der Waals surface area contributed by atoms with Crippen molar-refractivity contribution in [3.63, 3.8) is 0 Å². The van der Waals surface area contributed by atoms with Crippen LogP contribution in [-0.2, 0) is 6.42 Å². The topological polar surface area (TPSA) is 12.0 Å². The van der Waals surface area contributed by atoms with Crippen LogP contribution in [-0.4, -0.2) is 7.05 Å². The van der Waals surface area contributed by atoms with Crippen LogP contribution in [0.2, 0.25) is 0 Å². The van der Waals surface area contributed by atoms with E-state index in [1.54, 1.807) is 0 Å². The van der Waals surface area contributed by atoms with Crippen LogP contribution in [0.1, 0.15) is 49.4 Å². The summed E-state index contributed by atoms with van der Waals surface area (Å²) >= 11 is 1.96. The van der Waals surface area contributed by atoms with Crippen LogP contribution in [0.5, 0.6) is 0 Å². The third kappa shape index (κ3) is 3.32. The lowest BCUT2D eigenvalue weighted by molar-refractivity contribution is 0.389. The first-order valence-corrected chi connectivity index (χ1v) is 6.80. The molecule has 2 heteroatoms. The van der Waals surface area contributed by atoms with Crippen molar-refractivity contribution in [2.24, 2.45) is 5.92 Å². The van der Waals surface area contributed by atoms with Gasteiger partial charge < -0.3 is 5.32 Å². The summed E-state index contributed by atoms with van der Waals surface area (Å²) < 4.78 is 0. The highest BCUT2D eigenvalue weighted by molar-refractivity contribution is 7.12. The van der Waals surface area contributed by atoms with Gasteiger partial charge in [-0.1, -0.05) is 27.2 Å². The highest BCUT2D eigenvalue weighted by Gasteiger charge is 2.18. The normalized spacial score (nSPS) is 15.2. The monoisotopic (exact) mass is 225 g/mol. The molecule has 1 N–H and O–H groups in total. The van der Waals surface area contributed by atoms with Crippen LogP contribution in [0.25, 0.3) is 0 Å². The predicted molar refractivity (Wildman–Crippen MR) is 69.6 cm³/mol. The number of hydrogen-bond acceptors (Lipinski definition) is 2. The Morgan fingerprint density at radius 1 is 1.33 bits per heavy atom. The molecule has 1 nitrogen and oxygen atoms in total. The van der Waals surface area contributed by atoms with Gasteiger partial charge in [0.2, 0.25) is 0 Å². The predicted octanol–water partition coefficient (Wildman–Crippen LogP) is 4.01. The number of nitrogens with one attached hydrogen (secondary N) is 1. The first-order chi connectivity index (χ1) is 7.22. The van der Waals surface area contributed by atoms with Crippen LogP contribution in [0.4, 0.5) is 0 Å². The molecule has 0 fully saturated rings. The first-order valence-electron chi connectivity index (χ1n) is 5.98. The summed E-state index contributed by atoms with van der Waals surface area (Å²) in [6, 6.07) is 5.09. The molecule has 0 bridgehead atoms. The molecule has 0 amide bonds. The van der Waals surface area contributed by atoms with Gasteiger partial charge in [-0.15, -0.1) is 11.3 Å². The summed E-state index contributed by atoms with van der Waals surface area (Å²) in [5.74, 6) is 0.725. The summed E-state index contributed by atoms with van der Waals surface area (Å²) in [6.07, 6.45) is 3.72. The Labute approximate surface area is 97.9 Å². The molecule has 86 valence electrons. The molecular formula is C13H23NS. The fourth-order valence-corrected chi connectivity index (χ4v) is 3.28. The zero-order chi connectivity index (χ0) is 11.3. The first kappa shape index (κ1) is 12.7. The largest absolute Gasteiger partial charge is 0.312 e. The number of thiophene rings is 1. The Morgan fingerprint density at radius 3 is 2.53 bits per heavy atom. The highest BCUT2D eigenvalue weighted by atomic mass is 32.1. The molecule has 0 aromatic carbocycles. The zero-order valence-corrected chi connectivity index (χ0v) is 11.2. The minimum atomic E-state index is 0.537. The van der Waals surface area contributed by atoms with Gasteiger partial charge in [0.15, 0.2) is 0 Å². The second-order valence-electron chi connectivity index (χ2n) is 4.19. The van der Waals surface area contributed by atoms with Gasteiger partial charge in [0.25, 0.3) is 0 Å². The van der Waals surface area contributed by atoms with Crippen molar-refractivity contribution in [1.82, 2.24) is 5.32 Å². The van der Waals surface area contributed by atoms with Crippen LogP contribution < -0.4 is 5.32 Å². The number of aryl methyl sites for hydroxylation is 1. The number of rotatable bonds is 6. The lowest BCUT2D eigenvalue weighted by atomic mass is 9.96. The average molecular weight is 225 g/mol. The molecule has 2 atom stereocenters. The van der Waals surface area contributed by atoms with E-state index >= 15 is 0 Å². The standard InChI is InChI=1S/C13H23NS/c1-5-7-10(3)13(14-4)12-9-8-11(6-2)15-12/h8-10,13-14H,5-7H2,1-4H3. The molecule has 2 unspecified atom stereocenters. The van der Waals surface area contributed by atoms with E-state index in [4.69, 9.17) is 0 Å². The third-order valence-electron chi connectivity index (χ3n) is 2.96. The van der Waals surface area contributed by atoms with Crippen molar-refractivity contribution in [2.45, 2.75) is 46.1 Å². The number of hydrogen-bond donors (Lipinski definition) is 1. The Kier molecular flexibility index (Phi) is 5.34. The second-order valence-corrected chi connectivity index (χ2v) is 5.39. The van der Waals surface area contributed by atoms with Crippen molar-refractivity contribution in [3.05, 3.63) is 21.9 Å². The van der Waals surface area contributed by atoms with Gasteiger partial charge in [-0.25, -0.2) is 0 Å². The quantitative estimate of drug-likeness (QED) is 0.771. The average Bonchev–Trinajstić information content (AvgIpc) is 2.68. The van der Waals surface area contributed by atoms with Crippen LogP contribution in [0.3, 0.4) is 0 Å². The molecule has 1 heterocycles. The summed E-state index contributed by atoms with van der Waals surface area (Å²) in [5, 5.41) is 3.45. The lowest BCUT2D eigenvalue weighted by Crippen LogP contribution is -2.22. The summed E-state index contributed by atoms with van der Waals surface area (Å²) in [6.45, 7) is 6.82. The molecule has 0 aliphatic heterocycles. The maximum absolute atomic E-state index is 3.45. The van der Waals surface area contributed by atoms with Crippen molar-refractivity contribution < 1.29 is 0 Å². The van der Waals surface area contributed by atoms with Crippen molar-refractivity contribution in [1.29, 1.82) is 0 Å². The molecular weight excluding hydrogens is 202 g/mol. The van der Waals surface area contributed by atoms with E-state index in [2.05, 4.69) is 45.3 Å². The molecule has 1 aromatic heterocycles. The van der Waals surface area contributed by atoms with E-state index in [0.717, 1.165) is 12.3 Å². The summed E-state index contributed by atoms with van der Waals surface area (Å²) in [4.78, 5) is 2.99. The molecule has 0 saturated heterocycles. The lowest BCUT2D eigenvalue weighted by Gasteiger charge is -2.22. The van der Waals surface area contributed by atoms with Crippen LogP contribution in [0, 0.1) is 5.92 Å². The molecule has 0 spiro atoms. The van der Waals surface area contributed by atoms with E-state index in [1.807, 2.05) is 11.3 Å². The van der Waals surface area contributed by atoms with Crippen molar-refractivity contribution >= 4 is 11.3 Å². The fourth-order valence-electron chi connectivity index (χ4n) is 2.08. The van der Waals surface area contributed by atoms with E-state index in [-0.39, 0.29) is 0 Å². The molecule has 1 aromatic rings. The SMILES string of the molecule is CCCC(C)C(NC)c1ccc(CC)s1. The molecule has 0 saturated carbocycles. The Morgan fingerprint density at radius 2 is 2.07 bits per heavy atom. The minimum Gasteiger partial charge on any atom is -0.312 e. The van der Waals surface area contributed by atoms with Crippen molar-refractivity contribution in [3.8, 4) is 0 Å². The maximum Gasteiger partial charge on any atom is 0.0438 e. The smallest absolute Gasteiger partial charge is 0.0438 e. The third-order valence-corrected chi connectivity index (χ3v) is 4.27. The van der Waals surface area contributed by atoms with Gasteiger partial charge in [0.1, 0.15) is 0 Å². The van der Waals surface area contributed by atoms with E-state index in [0.29, 0.717) is 6.04 Å². The van der Waals surface area contributed by atoms with Gasteiger partial charge in [0.05, 0.1) is 0 Å². The second kappa shape index (κ2) is 6.29. The van der Waals surface area contributed by atoms with Crippen LogP contribution in [0.15, 0.2) is 12.1 Å². The van der Waals surface area contributed by atoms with E-state index in [9.17, 15) is 0 Å². The maximum atomic E-state index is 3.45. The van der Waals surface area contributed by atoms with Crippen molar-refractivity contribution in [2.75, 3.05) is 7.05 Å². The van der Waals surface area contributed by atoms with Crippen LogP contribution >= 0.6 is 11.3 Å².